The quantitative estimate of drug-likeness (QED) is 0.634. The van der Waals surface area contributed by atoms with Crippen LogP contribution in [0.15, 0.2) is 0 Å². The third kappa shape index (κ3) is 5.47. The Balaban J connectivity index is 2.09. The van der Waals surface area contributed by atoms with Gasteiger partial charge in [0, 0.05) is 13.1 Å². The molecule has 0 N–H and O–H groups in total. The van der Waals surface area contributed by atoms with Crippen LogP contribution in [0.3, 0.4) is 0 Å². The SMILES string of the molecule is CC(C)OC(=O)CN(C)CCN1CCCC1. The van der Waals surface area contributed by atoms with Crippen molar-refractivity contribution in [2.24, 2.45) is 0 Å². The first-order valence-corrected chi connectivity index (χ1v) is 6.18. The highest BCUT2D eigenvalue weighted by Gasteiger charge is 2.13. The van der Waals surface area contributed by atoms with E-state index in [0.717, 1.165) is 13.1 Å². The third-order valence-electron chi connectivity index (χ3n) is 2.76. The summed E-state index contributed by atoms with van der Waals surface area (Å²) in [5.41, 5.74) is 0. The molecule has 0 radical (unpaired) electrons. The largest absolute Gasteiger partial charge is 0.462 e. The molecule has 0 aromatic heterocycles. The van der Waals surface area contributed by atoms with Gasteiger partial charge in [-0.3, -0.25) is 9.69 Å². The number of carbonyl (C=O) groups excluding carboxylic acids is 1. The summed E-state index contributed by atoms with van der Waals surface area (Å²) in [5, 5.41) is 0. The van der Waals surface area contributed by atoms with E-state index in [9.17, 15) is 4.79 Å². The number of ether oxygens (including phenoxy) is 1. The van der Waals surface area contributed by atoms with Gasteiger partial charge in [-0.2, -0.15) is 0 Å². The molecule has 0 spiro atoms. The molecule has 0 bridgehead atoms. The van der Waals surface area contributed by atoms with E-state index in [-0.39, 0.29) is 12.1 Å². The molecule has 0 aliphatic carbocycles. The van der Waals surface area contributed by atoms with Crippen LogP contribution >= 0.6 is 0 Å². The van der Waals surface area contributed by atoms with Crippen molar-refractivity contribution in [2.75, 3.05) is 39.8 Å². The lowest BCUT2D eigenvalue weighted by atomic mass is 10.4. The molecule has 4 heteroatoms. The summed E-state index contributed by atoms with van der Waals surface area (Å²) in [5.74, 6) is -0.126. The molecule has 1 rings (SSSR count). The number of hydrogen-bond donors (Lipinski definition) is 0. The second-order valence-corrected chi connectivity index (χ2v) is 4.83. The molecule has 1 aliphatic heterocycles. The van der Waals surface area contributed by atoms with Crippen LogP contribution in [0.4, 0.5) is 0 Å². The number of esters is 1. The molecule has 1 heterocycles. The maximum absolute atomic E-state index is 11.4. The molecule has 0 saturated carbocycles. The molecule has 1 fully saturated rings. The van der Waals surface area contributed by atoms with Crippen molar-refractivity contribution in [3.8, 4) is 0 Å². The highest BCUT2D eigenvalue weighted by molar-refractivity contribution is 5.71. The van der Waals surface area contributed by atoms with Gasteiger partial charge in [0.2, 0.25) is 0 Å². The van der Waals surface area contributed by atoms with E-state index in [1.807, 2.05) is 25.8 Å². The van der Waals surface area contributed by atoms with Crippen LogP contribution in [0, 0.1) is 0 Å². The molecular weight excluding hydrogens is 204 g/mol. The number of likely N-dealkylation sites (N-methyl/N-ethyl adjacent to an activating group) is 1. The van der Waals surface area contributed by atoms with Crippen molar-refractivity contribution in [1.29, 1.82) is 0 Å². The second kappa shape index (κ2) is 6.86. The van der Waals surface area contributed by atoms with E-state index in [1.54, 1.807) is 0 Å². The van der Waals surface area contributed by atoms with Crippen molar-refractivity contribution in [3.63, 3.8) is 0 Å². The summed E-state index contributed by atoms with van der Waals surface area (Å²) in [7, 11) is 1.97. The Kier molecular flexibility index (Phi) is 5.77. The Morgan fingerprint density at radius 3 is 2.56 bits per heavy atom. The molecule has 0 aromatic rings. The van der Waals surface area contributed by atoms with Crippen LogP contribution in [0.2, 0.25) is 0 Å². The van der Waals surface area contributed by atoms with Crippen LogP contribution in [0.25, 0.3) is 0 Å². The summed E-state index contributed by atoms with van der Waals surface area (Å²) in [6.45, 7) is 8.57. The Bertz CT molecular complexity index is 213. The van der Waals surface area contributed by atoms with Gasteiger partial charge in [-0.05, 0) is 46.8 Å². The molecule has 0 atom stereocenters. The first-order chi connectivity index (χ1) is 7.58. The van der Waals surface area contributed by atoms with Crippen LogP contribution in [0.5, 0.6) is 0 Å². The normalized spacial score (nSPS) is 17.3. The third-order valence-corrected chi connectivity index (χ3v) is 2.76. The minimum Gasteiger partial charge on any atom is -0.462 e. The van der Waals surface area contributed by atoms with Crippen molar-refractivity contribution >= 4 is 5.97 Å². The zero-order valence-electron chi connectivity index (χ0n) is 10.7. The van der Waals surface area contributed by atoms with Gasteiger partial charge in [-0.25, -0.2) is 0 Å². The molecule has 0 unspecified atom stereocenters. The van der Waals surface area contributed by atoms with Crippen LogP contribution in [-0.2, 0) is 9.53 Å². The number of likely N-dealkylation sites (tertiary alicyclic amines) is 1. The fourth-order valence-electron chi connectivity index (χ4n) is 1.92. The number of hydrogen-bond acceptors (Lipinski definition) is 4. The van der Waals surface area contributed by atoms with E-state index in [0.29, 0.717) is 6.54 Å². The summed E-state index contributed by atoms with van der Waals surface area (Å²) in [6, 6.07) is 0. The lowest BCUT2D eigenvalue weighted by molar-refractivity contribution is -0.148. The number of carbonyl (C=O) groups is 1. The average molecular weight is 228 g/mol. The van der Waals surface area contributed by atoms with Crippen molar-refractivity contribution in [3.05, 3.63) is 0 Å². The van der Waals surface area contributed by atoms with Crippen LogP contribution in [0.1, 0.15) is 26.7 Å². The fourth-order valence-corrected chi connectivity index (χ4v) is 1.92. The molecular formula is C12H24N2O2. The van der Waals surface area contributed by atoms with E-state index < -0.39 is 0 Å². The van der Waals surface area contributed by atoms with Gasteiger partial charge in [0.25, 0.3) is 0 Å². The van der Waals surface area contributed by atoms with Gasteiger partial charge in [0.1, 0.15) is 0 Å². The van der Waals surface area contributed by atoms with Gasteiger partial charge in [0.05, 0.1) is 12.6 Å². The minimum absolute atomic E-state index is 0.0144. The highest BCUT2D eigenvalue weighted by atomic mass is 16.5. The lowest BCUT2D eigenvalue weighted by Gasteiger charge is -2.20. The molecule has 4 nitrogen and oxygen atoms in total. The molecule has 94 valence electrons. The van der Waals surface area contributed by atoms with E-state index >= 15 is 0 Å². The van der Waals surface area contributed by atoms with E-state index in [2.05, 4.69) is 4.90 Å². The first-order valence-electron chi connectivity index (χ1n) is 6.18. The maximum atomic E-state index is 11.4. The van der Waals surface area contributed by atoms with Crippen LogP contribution in [-0.4, -0.2) is 61.6 Å². The zero-order chi connectivity index (χ0) is 12.0. The number of nitrogens with zero attached hydrogens (tertiary/aromatic N) is 2. The van der Waals surface area contributed by atoms with Gasteiger partial charge >= 0.3 is 5.97 Å². The lowest BCUT2D eigenvalue weighted by Crippen LogP contribution is -2.35. The van der Waals surface area contributed by atoms with Crippen molar-refractivity contribution < 1.29 is 9.53 Å². The molecule has 1 saturated heterocycles. The first kappa shape index (κ1) is 13.5. The van der Waals surface area contributed by atoms with Gasteiger partial charge in [0.15, 0.2) is 0 Å². The minimum atomic E-state index is -0.126. The number of rotatable bonds is 6. The van der Waals surface area contributed by atoms with Gasteiger partial charge in [-0.1, -0.05) is 0 Å². The molecule has 0 aromatic carbocycles. The average Bonchev–Trinajstić information content (AvgIpc) is 2.65. The molecule has 0 amide bonds. The highest BCUT2D eigenvalue weighted by Crippen LogP contribution is 2.06. The second-order valence-electron chi connectivity index (χ2n) is 4.83. The summed E-state index contributed by atoms with van der Waals surface area (Å²) in [4.78, 5) is 15.9. The van der Waals surface area contributed by atoms with Gasteiger partial charge < -0.3 is 9.64 Å². The Hall–Kier alpha value is -0.610. The zero-order valence-corrected chi connectivity index (χ0v) is 10.7. The molecule has 1 aliphatic rings. The topological polar surface area (TPSA) is 32.8 Å². The smallest absolute Gasteiger partial charge is 0.320 e. The van der Waals surface area contributed by atoms with Crippen molar-refractivity contribution in [1.82, 2.24) is 9.80 Å². The fraction of sp³-hybridized carbons (Fsp3) is 0.917. The van der Waals surface area contributed by atoms with E-state index in [4.69, 9.17) is 4.74 Å². The predicted molar refractivity (Wildman–Crippen MR) is 64.4 cm³/mol. The summed E-state index contributed by atoms with van der Waals surface area (Å²) >= 11 is 0. The Labute approximate surface area is 98.5 Å². The summed E-state index contributed by atoms with van der Waals surface area (Å²) in [6.07, 6.45) is 2.62. The monoisotopic (exact) mass is 228 g/mol. The maximum Gasteiger partial charge on any atom is 0.320 e. The van der Waals surface area contributed by atoms with Crippen molar-refractivity contribution in [2.45, 2.75) is 32.8 Å². The summed E-state index contributed by atoms with van der Waals surface area (Å²) < 4.78 is 5.10. The van der Waals surface area contributed by atoms with Crippen LogP contribution < -0.4 is 0 Å². The standard InChI is InChI=1S/C12H24N2O2/c1-11(2)16-12(15)10-13(3)8-9-14-6-4-5-7-14/h11H,4-10H2,1-3H3. The van der Waals surface area contributed by atoms with E-state index in [1.165, 1.54) is 25.9 Å². The Morgan fingerprint density at radius 2 is 2.00 bits per heavy atom. The predicted octanol–water partition coefficient (Wildman–Crippen LogP) is 0.966. The molecule has 16 heavy (non-hydrogen) atoms. The van der Waals surface area contributed by atoms with Gasteiger partial charge in [-0.15, -0.1) is 0 Å². The Morgan fingerprint density at radius 1 is 1.38 bits per heavy atom.